The highest BCUT2D eigenvalue weighted by atomic mass is 16.3. The molecule has 6 heteroatoms. The Bertz CT molecular complexity index is 836. The first-order valence-corrected chi connectivity index (χ1v) is 9.74. The van der Waals surface area contributed by atoms with E-state index in [0.29, 0.717) is 12.3 Å². The first-order chi connectivity index (χ1) is 13.2. The van der Waals surface area contributed by atoms with Crippen LogP contribution in [0, 0.1) is 5.41 Å². The minimum absolute atomic E-state index is 0.0635. The maximum absolute atomic E-state index is 12.0. The molecule has 0 atom stereocenters. The molecule has 6 nitrogen and oxygen atoms in total. The van der Waals surface area contributed by atoms with Crippen LogP contribution in [0.4, 0.5) is 5.69 Å². The third-order valence-corrected chi connectivity index (χ3v) is 5.84. The molecule has 150 valence electrons. The number of nitrogens with zero attached hydrogens (tertiary/aromatic N) is 2. The molecule has 28 heavy (non-hydrogen) atoms. The van der Waals surface area contributed by atoms with Gasteiger partial charge < -0.3 is 20.0 Å². The molecule has 0 unspecified atom stereocenters. The summed E-state index contributed by atoms with van der Waals surface area (Å²) in [4.78, 5) is 19.2. The number of amides is 1. The normalized spacial score (nSPS) is 17.8. The lowest BCUT2D eigenvalue weighted by atomic mass is 9.65. The average molecular weight is 383 g/mol. The lowest BCUT2D eigenvalue weighted by molar-refractivity contribution is -0.0667. The highest BCUT2D eigenvalue weighted by Crippen LogP contribution is 2.46. The van der Waals surface area contributed by atoms with Gasteiger partial charge >= 0.3 is 0 Å². The Hall–Kier alpha value is -2.76. The SMILES string of the molecule is CCNC(=NCc1ccc(NC(=O)c2ccco2)cc1)N1CC(C)(C)C1(C)C. The van der Waals surface area contributed by atoms with Crippen LogP contribution in [0.2, 0.25) is 0 Å². The van der Waals surface area contributed by atoms with Gasteiger partial charge in [-0.3, -0.25) is 4.79 Å². The van der Waals surface area contributed by atoms with Gasteiger partial charge in [0.1, 0.15) is 0 Å². The van der Waals surface area contributed by atoms with Gasteiger partial charge in [0, 0.05) is 29.7 Å². The van der Waals surface area contributed by atoms with Crippen LogP contribution < -0.4 is 10.6 Å². The number of hydrogen-bond acceptors (Lipinski definition) is 3. The molecule has 1 aliphatic rings. The van der Waals surface area contributed by atoms with E-state index < -0.39 is 0 Å². The van der Waals surface area contributed by atoms with E-state index in [9.17, 15) is 4.79 Å². The summed E-state index contributed by atoms with van der Waals surface area (Å²) in [5, 5.41) is 6.23. The summed E-state index contributed by atoms with van der Waals surface area (Å²) in [7, 11) is 0. The Balaban J connectivity index is 1.64. The molecule has 1 amide bonds. The van der Waals surface area contributed by atoms with Gasteiger partial charge in [-0.25, -0.2) is 4.99 Å². The second kappa shape index (κ2) is 7.70. The fourth-order valence-corrected chi connectivity index (χ4v) is 3.26. The summed E-state index contributed by atoms with van der Waals surface area (Å²) in [5.41, 5.74) is 2.14. The van der Waals surface area contributed by atoms with Gasteiger partial charge in [-0.15, -0.1) is 0 Å². The third kappa shape index (κ3) is 3.91. The highest BCUT2D eigenvalue weighted by Gasteiger charge is 2.53. The second-order valence-corrected chi connectivity index (χ2v) is 8.33. The van der Waals surface area contributed by atoms with Gasteiger partial charge in [0.25, 0.3) is 5.91 Å². The monoisotopic (exact) mass is 382 g/mol. The maximum Gasteiger partial charge on any atom is 0.291 e. The molecule has 1 saturated heterocycles. The van der Waals surface area contributed by atoms with Crippen LogP contribution in [-0.4, -0.2) is 35.4 Å². The van der Waals surface area contributed by atoms with Crippen LogP contribution >= 0.6 is 0 Å². The van der Waals surface area contributed by atoms with Crippen LogP contribution in [0.15, 0.2) is 52.1 Å². The number of rotatable bonds is 5. The third-order valence-electron chi connectivity index (χ3n) is 5.84. The molecule has 1 aromatic heterocycles. The molecular weight excluding hydrogens is 352 g/mol. The Morgan fingerprint density at radius 3 is 2.43 bits per heavy atom. The molecular formula is C22H30N4O2. The Kier molecular flexibility index (Phi) is 5.49. The average Bonchev–Trinajstić information content (AvgIpc) is 3.19. The Morgan fingerprint density at radius 1 is 1.18 bits per heavy atom. The van der Waals surface area contributed by atoms with E-state index in [-0.39, 0.29) is 16.9 Å². The molecule has 0 bridgehead atoms. The molecule has 2 N–H and O–H groups in total. The number of carbonyl (C=O) groups is 1. The number of furan rings is 1. The van der Waals surface area contributed by atoms with Crippen molar-refractivity contribution in [2.45, 2.75) is 46.7 Å². The van der Waals surface area contributed by atoms with E-state index in [2.05, 4.69) is 50.2 Å². The van der Waals surface area contributed by atoms with E-state index in [4.69, 9.17) is 9.41 Å². The van der Waals surface area contributed by atoms with E-state index in [1.807, 2.05) is 24.3 Å². The van der Waals surface area contributed by atoms with Gasteiger partial charge in [-0.1, -0.05) is 26.0 Å². The summed E-state index contributed by atoms with van der Waals surface area (Å²) >= 11 is 0. The molecule has 1 fully saturated rings. The summed E-state index contributed by atoms with van der Waals surface area (Å²) in [6.07, 6.45) is 1.48. The van der Waals surface area contributed by atoms with Crippen molar-refractivity contribution in [2.75, 3.05) is 18.4 Å². The molecule has 3 rings (SSSR count). The van der Waals surface area contributed by atoms with Crippen molar-refractivity contribution in [3.8, 4) is 0 Å². The first-order valence-electron chi connectivity index (χ1n) is 9.74. The number of carbonyl (C=O) groups excluding carboxylic acids is 1. The van der Waals surface area contributed by atoms with Gasteiger partial charge in [0.05, 0.1) is 12.8 Å². The molecule has 0 spiro atoms. The van der Waals surface area contributed by atoms with Crippen molar-refractivity contribution in [3.05, 3.63) is 54.0 Å². The number of hydrogen-bond donors (Lipinski definition) is 2. The van der Waals surface area contributed by atoms with E-state index in [1.165, 1.54) is 6.26 Å². The second-order valence-electron chi connectivity index (χ2n) is 8.33. The summed E-state index contributed by atoms with van der Waals surface area (Å²) in [6, 6.07) is 11.1. The molecule has 1 aliphatic heterocycles. The molecule has 0 aliphatic carbocycles. The van der Waals surface area contributed by atoms with Gasteiger partial charge in [-0.05, 0) is 50.6 Å². The quantitative estimate of drug-likeness (QED) is 0.603. The zero-order valence-electron chi connectivity index (χ0n) is 17.4. The summed E-state index contributed by atoms with van der Waals surface area (Å²) in [5.74, 6) is 0.985. The van der Waals surface area contributed by atoms with E-state index in [1.54, 1.807) is 12.1 Å². The number of aliphatic imine (C=N–C) groups is 1. The molecule has 0 radical (unpaired) electrons. The van der Waals surface area contributed by atoms with Crippen LogP contribution in [0.3, 0.4) is 0 Å². The number of guanidine groups is 1. The fraction of sp³-hybridized carbons (Fsp3) is 0.455. The minimum atomic E-state index is -0.257. The van der Waals surface area contributed by atoms with Crippen molar-refractivity contribution in [3.63, 3.8) is 0 Å². The van der Waals surface area contributed by atoms with Crippen LogP contribution in [0.5, 0.6) is 0 Å². The number of benzene rings is 1. The Labute approximate surface area is 167 Å². The molecule has 2 heterocycles. The van der Waals surface area contributed by atoms with E-state index in [0.717, 1.165) is 30.3 Å². The lowest BCUT2D eigenvalue weighted by Gasteiger charge is -2.62. The van der Waals surface area contributed by atoms with Crippen LogP contribution in [0.1, 0.15) is 50.7 Å². The topological polar surface area (TPSA) is 69.9 Å². The van der Waals surface area contributed by atoms with E-state index >= 15 is 0 Å². The maximum atomic E-state index is 12.0. The van der Waals surface area contributed by atoms with Gasteiger partial charge in [0.15, 0.2) is 11.7 Å². The van der Waals surface area contributed by atoms with Crippen molar-refractivity contribution in [2.24, 2.45) is 10.4 Å². The zero-order valence-corrected chi connectivity index (χ0v) is 17.4. The Morgan fingerprint density at radius 2 is 1.89 bits per heavy atom. The predicted octanol–water partition coefficient (Wildman–Crippen LogP) is 4.12. The van der Waals surface area contributed by atoms with Crippen molar-refractivity contribution in [1.29, 1.82) is 0 Å². The first kappa shape index (κ1) is 20.0. The fourth-order valence-electron chi connectivity index (χ4n) is 3.26. The van der Waals surface area contributed by atoms with Crippen molar-refractivity contribution >= 4 is 17.6 Å². The number of anilines is 1. The highest BCUT2D eigenvalue weighted by molar-refractivity contribution is 6.02. The smallest absolute Gasteiger partial charge is 0.291 e. The summed E-state index contributed by atoms with van der Waals surface area (Å²) < 4.78 is 5.11. The molecule has 2 aromatic rings. The van der Waals surface area contributed by atoms with Crippen molar-refractivity contribution in [1.82, 2.24) is 10.2 Å². The van der Waals surface area contributed by atoms with Gasteiger partial charge in [-0.2, -0.15) is 0 Å². The molecule has 1 aromatic carbocycles. The lowest BCUT2D eigenvalue weighted by Crippen LogP contribution is -2.72. The standard InChI is InChI=1S/C22H30N4O2/c1-6-23-20(26-15-21(2,3)22(26,4)5)24-14-16-9-11-17(12-10-16)25-19(27)18-8-7-13-28-18/h7-13H,6,14-15H2,1-5H3,(H,23,24)(H,25,27). The number of likely N-dealkylation sites (tertiary alicyclic amines) is 1. The minimum Gasteiger partial charge on any atom is -0.459 e. The van der Waals surface area contributed by atoms with Crippen molar-refractivity contribution < 1.29 is 9.21 Å². The number of nitrogens with one attached hydrogen (secondary N) is 2. The van der Waals surface area contributed by atoms with Gasteiger partial charge in [0.2, 0.25) is 0 Å². The van der Waals surface area contributed by atoms with Crippen LogP contribution in [0.25, 0.3) is 0 Å². The molecule has 0 saturated carbocycles. The summed E-state index contributed by atoms with van der Waals surface area (Å²) in [6.45, 7) is 13.6. The predicted molar refractivity (Wildman–Crippen MR) is 112 cm³/mol. The largest absolute Gasteiger partial charge is 0.459 e. The van der Waals surface area contributed by atoms with Crippen LogP contribution in [-0.2, 0) is 6.54 Å². The zero-order chi connectivity index (χ0) is 20.4.